The zero-order chi connectivity index (χ0) is 13.1. The van der Waals surface area contributed by atoms with Crippen LogP contribution in [0.5, 0.6) is 0 Å². The van der Waals surface area contributed by atoms with Gasteiger partial charge in [-0.1, -0.05) is 29.3 Å². The van der Waals surface area contributed by atoms with Crippen LogP contribution in [0.15, 0.2) is 18.2 Å². The molecule has 5 heteroatoms. The maximum atomic E-state index is 9.63. The molecular formula is C13H18Cl2N2O. The Kier molecular flexibility index (Phi) is 4.87. The number of aliphatic hydroxyl groups is 1. The van der Waals surface area contributed by atoms with Crippen molar-refractivity contribution in [3.63, 3.8) is 0 Å². The third kappa shape index (κ3) is 3.16. The van der Waals surface area contributed by atoms with Crippen molar-refractivity contribution in [3.8, 4) is 0 Å². The van der Waals surface area contributed by atoms with Crippen LogP contribution in [0.2, 0.25) is 10.0 Å². The molecule has 0 amide bonds. The zero-order valence-corrected chi connectivity index (χ0v) is 12.0. The van der Waals surface area contributed by atoms with E-state index in [-0.39, 0.29) is 12.6 Å². The van der Waals surface area contributed by atoms with Gasteiger partial charge in [0.25, 0.3) is 0 Å². The van der Waals surface area contributed by atoms with E-state index < -0.39 is 0 Å². The Labute approximate surface area is 118 Å². The molecule has 1 aliphatic rings. The van der Waals surface area contributed by atoms with Gasteiger partial charge >= 0.3 is 0 Å². The van der Waals surface area contributed by atoms with E-state index >= 15 is 0 Å². The average Bonchev–Trinajstić information content (AvgIpc) is 2.37. The number of rotatable bonds is 3. The van der Waals surface area contributed by atoms with Gasteiger partial charge in [-0.2, -0.15) is 0 Å². The van der Waals surface area contributed by atoms with Crippen molar-refractivity contribution in [1.29, 1.82) is 0 Å². The highest BCUT2D eigenvalue weighted by Crippen LogP contribution is 2.28. The lowest BCUT2D eigenvalue weighted by Gasteiger charge is -2.37. The molecule has 1 aromatic carbocycles. The summed E-state index contributed by atoms with van der Waals surface area (Å²) in [5.41, 5.74) is 1.02. The number of benzene rings is 1. The molecule has 1 atom stereocenters. The zero-order valence-electron chi connectivity index (χ0n) is 10.4. The second-order valence-electron chi connectivity index (χ2n) is 4.71. The van der Waals surface area contributed by atoms with Crippen molar-refractivity contribution in [3.05, 3.63) is 33.8 Å². The molecular weight excluding hydrogens is 271 g/mol. The monoisotopic (exact) mass is 288 g/mol. The van der Waals surface area contributed by atoms with E-state index in [4.69, 9.17) is 23.2 Å². The van der Waals surface area contributed by atoms with Crippen LogP contribution in [0.3, 0.4) is 0 Å². The summed E-state index contributed by atoms with van der Waals surface area (Å²) in [6, 6.07) is 5.59. The minimum Gasteiger partial charge on any atom is -0.394 e. The second-order valence-corrected chi connectivity index (χ2v) is 5.53. The van der Waals surface area contributed by atoms with Gasteiger partial charge in [-0.25, -0.2) is 0 Å². The van der Waals surface area contributed by atoms with Crippen LogP contribution in [-0.2, 0) is 0 Å². The summed E-state index contributed by atoms with van der Waals surface area (Å²) >= 11 is 12.0. The molecule has 1 N–H and O–H groups in total. The fourth-order valence-corrected chi connectivity index (χ4v) is 2.59. The number of nitrogens with zero attached hydrogens (tertiary/aromatic N) is 2. The maximum Gasteiger partial charge on any atom is 0.0628 e. The molecule has 18 heavy (non-hydrogen) atoms. The summed E-state index contributed by atoms with van der Waals surface area (Å²) in [6.07, 6.45) is 0. The Morgan fingerprint density at radius 2 is 1.83 bits per heavy atom. The average molecular weight is 289 g/mol. The van der Waals surface area contributed by atoms with Gasteiger partial charge in [0, 0.05) is 26.2 Å². The van der Waals surface area contributed by atoms with Gasteiger partial charge in [-0.05, 0) is 24.7 Å². The molecule has 1 fully saturated rings. The van der Waals surface area contributed by atoms with Gasteiger partial charge in [0.05, 0.1) is 22.7 Å². The Morgan fingerprint density at radius 1 is 1.17 bits per heavy atom. The summed E-state index contributed by atoms with van der Waals surface area (Å²) in [5, 5.41) is 10.7. The molecule has 100 valence electrons. The molecule has 1 unspecified atom stereocenters. The SMILES string of the molecule is CN1CCN(C(CO)c2ccc(Cl)c(Cl)c2)CC1. The number of likely N-dealkylation sites (N-methyl/N-ethyl adjacent to an activating group) is 1. The van der Waals surface area contributed by atoms with Crippen molar-refractivity contribution in [2.75, 3.05) is 39.8 Å². The highest BCUT2D eigenvalue weighted by molar-refractivity contribution is 6.42. The van der Waals surface area contributed by atoms with E-state index in [0.717, 1.165) is 31.7 Å². The van der Waals surface area contributed by atoms with Crippen molar-refractivity contribution in [1.82, 2.24) is 9.80 Å². The number of aliphatic hydroxyl groups excluding tert-OH is 1. The molecule has 2 rings (SSSR count). The number of hydrogen-bond acceptors (Lipinski definition) is 3. The van der Waals surface area contributed by atoms with E-state index in [1.807, 2.05) is 12.1 Å². The van der Waals surface area contributed by atoms with Crippen LogP contribution in [0.4, 0.5) is 0 Å². The van der Waals surface area contributed by atoms with Crippen LogP contribution in [-0.4, -0.2) is 54.7 Å². The second kappa shape index (κ2) is 6.22. The smallest absolute Gasteiger partial charge is 0.0628 e. The minimum atomic E-state index is 0.00784. The van der Waals surface area contributed by atoms with Crippen LogP contribution < -0.4 is 0 Å². The molecule has 0 spiro atoms. The lowest BCUT2D eigenvalue weighted by Crippen LogP contribution is -2.46. The summed E-state index contributed by atoms with van der Waals surface area (Å²) in [6.45, 7) is 4.07. The lowest BCUT2D eigenvalue weighted by atomic mass is 10.1. The van der Waals surface area contributed by atoms with E-state index in [0.29, 0.717) is 10.0 Å². The van der Waals surface area contributed by atoms with Crippen molar-refractivity contribution in [2.45, 2.75) is 6.04 Å². The predicted octanol–water partition coefficient (Wildman–Crippen LogP) is 2.27. The van der Waals surface area contributed by atoms with Crippen molar-refractivity contribution in [2.24, 2.45) is 0 Å². The van der Waals surface area contributed by atoms with Crippen molar-refractivity contribution >= 4 is 23.2 Å². The van der Waals surface area contributed by atoms with Gasteiger partial charge in [0.15, 0.2) is 0 Å². The fraction of sp³-hybridized carbons (Fsp3) is 0.538. The molecule has 1 aromatic rings. The first-order valence-corrected chi connectivity index (χ1v) is 6.86. The molecule has 0 bridgehead atoms. The van der Waals surface area contributed by atoms with Gasteiger partial charge in [0.1, 0.15) is 0 Å². The molecule has 1 aliphatic heterocycles. The topological polar surface area (TPSA) is 26.7 Å². The number of piperazine rings is 1. The predicted molar refractivity (Wildman–Crippen MR) is 75.4 cm³/mol. The first-order chi connectivity index (χ1) is 8.61. The normalized spacial score (nSPS) is 20.0. The number of halogens is 2. The van der Waals surface area contributed by atoms with Crippen LogP contribution in [0, 0.1) is 0 Å². The Hall–Kier alpha value is -0.320. The lowest BCUT2D eigenvalue weighted by molar-refractivity contribution is 0.0748. The molecule has 0 aromatic heterocycles. The van der Waals surface area contributed by atoms with E-state index in [9.17, 15) is 5.11 Å². The van der Waals surface area contributed by atoms with E-state index in [1.165, 1.54) is 0 Å². The maximum absolute atomic E-state index is 9.63. The fourth-order valence-electron chi connectivity index (χ4n) is 2.28. The van der Waals surface area contributed by atoms with Crippen LogP contribution in [0.25, 0.3) is 0 Å². The molecule has 0 radical (unpaired) electrons. The van der Waals surface area contributed by atoms with E-state index in [2.05, 4.69) is 16.8 Å². The Balaban J connectivity index is 2.14. The first kappa shape index (κ1) is 14.1. The molecule has 1 heterocycles. The minimum absolute atomic E-state index is 0.00784. The van der Waals surface area contributed by atoms with Gasteiger partial charge in [-0.3, -0.25) is 4.90 Å². The summed E-state index contributed by atoms with van der Waals surface area (Å²) in [4.78, 5) is 4.58. The standard InChI is InChI=1S/C13H18Cl2N2O/c1-16-4-6-17(7-5-16)13(9-18)10-2-3-11(14)12(15)8-10/h2-3,8,13,18H,4-7,9H2,1H3. The summed E-state index contributed by atoms with van der Waals surface area (Å²) < 4.78 is 0. The summed E-state index contributed by atoms with van der Waals surface area (Å²) in [5.74, 6) is 0. The van der Waals surface area contributed by atoms with Crippen LogP contribution in [0.1, 0.15) is 11.6 Å². The number of hydrogen-bond donors (Lipinski definition) is 1. The molecule has 1 saturated heterocycles. The van der Waals surface area contributed by atoms with Gasteiger partial charge < -0.3 is 10.0 Å². The van der Waals surface area contributed by atoms with Gasteiger partial charge in [-0.15, -0.1) is 0 Å². The quantitative estimate of drug-likeness (QED) is 0.924. The molecule has 0 aliphatic carbocycles. The highest BCUT2D eigenvalue weighted by Gasteiger charge is 2.23. The summed E-state index contributed by atoms with van der Waals surface area (Å²) in [7, 11) is 2.12. The molecule has 0 saturated carbocycles. The highest BCUT2D eigenvalue weighted by atomic mass is 35.5. The Morgan fingerprint density at radius 3 is 2.39 bits per heavy atom. The largest absolute Gasteiger partial charge is 0.394 e. The third-order valence-corrected chi connectivity index (χ3v) is 4.22. The van der Waals surface area contributed by atoms with Crippen LogP contribution >= 0.6 is 23.2 Å². The third-order valence-electron chi connectivity index (χ3n) is 3.48. The molecule has 3 nitrogen and oxygen atoms in total. The van der Waals surface area contributed by atoms with Crippen molar-refractivity contribution < 1.29 is 5.11 Å². The van der Waals surface area contributed by atoms with Gasteiger partial charge in [0.2, 0.25) is 0 Å². The Bertz CT molecular complexity index is 406. The first-order valence-electron chi connectivity index (χ1n) is 6.10. The van der Waals surface area contributed by atoms with E-state index in [1.54, 1.807) is 6.07 Å².